The van der Waals surface area contributed by atoms with Crippen LogP contribution in [0.1, 0.15) is 19.8 Å². The molecule has 128 valence electrons. The van der Waals surface area contributed by atoms with Crippen LogP contribution in [0.25, 0.3) is 0 Å². The Morgan fingerprint density at radius 1 is 1.35 bits per heavy atom. The lowest BCUT2D eigenvalue weighted by Gasteiger charge is -2.36. The molecule has 0 saturated carbocycles. The van der Waals surface area contributed by atoms with Gasteiger partial charge in [0.25, 0.3) is 0 Å². The molecule has 2 N–H and O–H groups in total. The third kappa shape index (κ3) is 5.74. The Labute approximate surface area is 134 Å². The van der Waals surface area contributed by atoms with Crippen molar-refractivity contribution in [3.8, 4) is 0 Å². The van der Waals surface area contributed by atoms with E-state index in [1.54, 1.807) is 6.92 Å². The number of hydrogen-bond acceptors (Lipinski definition) is 3. The van der Waals surface area contributed by atoms with Gasteiger partial charge in [-0.3, -0.25) is 9.69 Å². The largest absolute Gasteiger partial charge is 0.405 e. The van der Waals surface area contributed by atoms with E-state index >= 15 is 0 Å². The molecule has 1 aromatic carbocycles. The van der Waals surface area contributed by atoms with Gasteiger partial charge in [0.2, 0.25) is 5.91 Å². The second-order valence-corrected chi connectivity index (χ2v) is 5.85. The molecule has 1 heterocycles. The fraction of sp³-hybridized carbons (Fsp3) is 0.562. The zero-order valence-corrected chi connectivity index (χ0v) is 13.1. The number of benzene rings is 1. The predicted octanol–water partition coefficient (Wildman–Crippen LogP) is 2.63. The summed E-state index contributed by atoms with van der Waals surface area (Å²) in [4.78, 5) is 13.8. The van der Waals surface area contributed by atoms with Gasteiger partial charge in [0, 0.05) is 18.3 Å². The van der Waals surface area contributed by atoms with Gasteiger partial charge in [-0.1, -0.05) is 18.2 Å². The van der Waals surface area contributed by atoms with E-state index in [0.29, 0.717) is 13.1 Å². The van der Waals surface area contributed by atoms with E-state index in [0.717, 1.165) is 18.5 Å². The fourth-order valence-electron chi connectivity index (χ4n) is 2.75. The van der Waals surface area contributed by atoms with E-state index in [2.05, 4.69) is 5.32 Å². The third-order valence-electron chi connectivity index (χ3n) is 3.99. The van der Waals surface area contributed by atoms with Gasteiger partial charge in [-0.2, -0.15) is 13.2 Å². The van der Waals surface area contributed by atoms with Crippen molar-refractivity contribution in [2.75, 3.05) is 25.0 Å². The minimum absolute atomic E-state index is 0.184. The molecule has 0 spiro atoms. The van der Waals surface area contributed by atoms with Crippen molar-refractivity contribution in [1.29, 1.82) is 0 Å². The highest BCUT2D eigenvalue weighted by Gasteiger charge is 2.31. The van der Waals surface area contributed by atoms with E-state index < -0.39 is 24.7 Å². The molecule has 0 unspecified atom stereocenters. The molecule has 1 aliphatic heterocycles. The molecular weight excluding hydrogens is 307 g/mol. The van der Waals surface area contributed by atoms with E-state index in [4.69, 9.17) is 0 Å². The Balaban J connectivity index is 1.86. The zero-order valence-electron chi connectivity index (χ0n) is 13.1. The average Bonchev–Trinajstić information content (AvgIpc) is 2.52. The summed E-state index contributed by atoms with van der Waals surface area (Å²) in [6.45, 7) is 1.72. The maximum Gasteiger partial charge on any atom is 0.405 e. The highest BCUT2D eigenvalue weighted by molar-refractivity contribution is 5.81. The molecule has 4 nitrogen and oxygen atoms in total. The number of carbonyl (C=O) groups is 1. The highest BCUT2D eigenvalue weighted by atomic mass is 19.4. The SMILES string of the molecule is C[C@H](C(=O)NCC(F)(F)F)N1CCC[C@@H](Nc2ccccc2)C1. The second kappa shape index (κ2) is 7.68. The van der Waals surface area contributed by atoms with Crippen molar-refractivity contribution in [3.05, 3.63) is 30.3 Å². The summed E-state index contributed by atoms with van der Waals surface area (Å²) in [6.07, 6.45) is -2.50. The van der Waals surface area contributed by atoms with Crippen molar-refractivity contribution in [2.24, 2.45) is 0 Å². The summed E-state index contributed by atoms with van der Waals surface area (Å²) in [5, 5.41) is 5.37. The van der Waals surface area contributed by atoms with Gasteiger partial charge in [0.15, 0.2) is 0 Å². The number of nitrogens with one attached hydrogen (secondary N) is 2. The molecular formula is C16H22F3N3O. The van der Waals surface area contributed by atoms with Crippen LogP contribution in [-0.2, 0) is 4.79 Å². The summed E-state index contributed by atoms with van der Waals surface area (Å²) >= 11 is 0. The van der Waals surface area contributed by atoms with Crippen LogP contribution in [0.15, 0.2) is 30.3 Å². The van der Waals surface area contributed by atoms with Gasteiger partial charge in [-0.05, 0) is 38.4 Å². The van der Waals surface area contributed by atoms with Crippen LogP contribution >= 0.6 is 0 Å². The number of amides is 1. The molecule has 2 rings (SSSR count). The molecule has 0 bridgehead atoms. The van der Waals surface area contributed by atoms with Crippen molar-refractivity contribution in [3.63, 3.8) is 0 Å². The smallest absolute Gasteiger partial charge is 0.381 e. The summed E-state index contributed by atoms with van der Waals surface area (Å²) in [7, 11) is 0. The van der Waals surface area contributed by atoms with Gasteiger partial charge in [0.05, 0.1) is 6.04 Å². The lowest BCUT2D eigenvalue weighted by atomic mass is 10.0. The first-order valence-electron chi connectivity index (χ1n) is 7.75. The van der Waals surface area contributed by atoms with Crippen LogP contribution in [0.5, 0.6) is 0 Å². The van der Waals surface area contributed by atoms with Crippen LogP contribution in [0.3, 0.4) is 0 Å². The Hall–Kier alpha value is -1.76. The molecule has 1 amide bonds. The Kier molecular flexibility index (Phi) is 5.87. The van der Waals surface area contributed by atoms with E-state index in [1.807, 2.05) is 40.5 Å². The number of carbonyl (C=O) groups excluding carboxylic acids is 1. The average molecular weight is 329 g/mol. The monoisotopic (exact) mass is 329 g/mol. The summed E-state index contributed by atoms with van der Waals surface area (Å²) < 4.78 is 36.6. The normalized spacial score (nSPS) is 20.8. The van der Waals surface area contributed by atoms with Crippen LogP contribution in [0.4, 0.5) is 18.9 Å². The van der Waals surface area contributed by atoms with Gasteiger partial charge in [-0.25, -0.2) is 0 Å². The Bertz CT molecular complexity index is 507. The number of halogens is 3. The number of nitrogens with zero attached hydrogens (tertiary/aromatic N) is 1. The van der Waals surface area contributed by atoms with Crippen molar-refractivity contribution in [1.82, 2.24) is 10.2 Å². The minimum atomic E-state index is -4.38. The lowest BCUT2D eigenvalue weighted by molar-refractivity contribution is -0.141. The molecule has 1 aromatic rings. The molecule has 1 fully saturated rings. The number of piperidine rings is 1. The fourth-order valence-corrected chi connectivity index (χ4v) is 2.75. The van der Waals surface area contributed by atoms with Crippen molar-refractivity contribution < 1.29 is 18.0 Å². The van der Waals surface area contributed by atoms with E-state index in [9.17, 15) is 18.0 Å². The maximum absolute atomic E-state index is 12.2. The zero-order chi connectivity index (χ0) is 16.9. The first kappa shape index (κ1) is 17.6. The van der Waals surface area contributed by atoms with Crippen LogP contribution in [-0.4, -0.2) is 48.7 Å². The highest BCUT2D eigenvalue weighted by Crippen LogP contribution is 2.18. The van der Waals surface area contributed by atoms with Gasteiger partial charge < -0.3 is 10.6 Å². The minimum Gasteiger partial charge on any atom is -0.381 e. The first-order chi connectivity index (χ1) is 10.8. The number of alkyl halides is 3. The standard InChI is InChI=1S/C16H22F3N3O/c1-12(15(23)20-11-16(17,18)19)22-9-5-8-14(10-22)21-13-6-3-2-4-7-13/h2-4,6-7,12,14,21H,5,8-11H2,1H3,(H,20,23)/t12-,14-/m1/s1. The number of likely N-dealkylation sites (tertiary alicyclic amines) is 1. The van der Waals surface area contributed by atoms with Crippen molar-refractivity contribution in [2.45, 2.75) is 38.0 Å². The third-order valence-corrected chi connectivity index (χ3v) is 3.99. The number of rotatable bonds is 5. The molecule has 1 saturated heterocycles. The molecule has 0 aromatic heterocycles. The molecule has 2 atom stereocenters. The maximum atomic E-state index is 12.2. The molecule has 23 heavy (non-hydrogen) atoms. The van der Waals surface area contributed by atoms with Gasteiger partial charge >= 0.3 is 6.18 Å². The van der Waals surface area contributed by atoms with Gasteiger partial charge in [-0.15, -0.1) is 0 Å². The molecule has 0 radical (unpaired) electrons. The molecule has 1 aliphatic rings. The Morgan fingerprint density at radius 3 is 2.70 bits per heavy atom. The topological polar surface area (TPSA) is 44.4 Å². The van der Waals surface area contributed by atoms with Crippen LogP contribution in [0, 0.1) is 0 Å². The summed E-state index contributed by atoms with van der Waals surface area (Å²) in [6, 6.07) is 9.37. The molecule has 0 aliphatic carbocycles. The van der Waals surface area contributed by atoms with Crippen LogP contribution < -0.4 is 10.6 Å². The first-order valence-corrected chi connectivity index (χ1v) is 7.75. The predicted molar refractivity (Wildman–Crippen MR) is 83.2 cm³/mol. The van der Waals surface area contributed by atoms with Crippen LogP contribution in [0.2, 0.25) is 0 Å². The summed E-state index contributed by atoms with van der Waals surface area (Å²) in [5.41, 5.74) is 1.01. The second-order valence-electron chi connectivity index (χ2n) is 5.85. The Morgan fingerprint density at radius 2 is 2.04 bits per heavy atom. The van der Waals surface area contributed by atoms with E-state index in [1.165, 1.54) is 0 Å². The van der Waals surface area contributed by atoms with Crippen molar-refractivity contribution >= 4 is 11.6 Å². The van der Waals surface area contributed by atoms with E-state index in [-0.39, 0.29) is 6.04 Å². The lowest BCUT2D eigenvalue weighted by Crippen LogP contribution is -2.52. The number of hydrogen-bond donors (Lipinski definition) is 2. The number of para-hydroxylation sites is 1. The number of anilines is 1. The van der Waals surface area contributed by atoms with Gasteiger partial charge in [0.1, 0.15) is 6.54 Å². The molecule has 7 heteroatoms. The summed E-state index contributed by atoms with van der Waals surface area (Å²) in [5.74, 6) is -0.581. The quantitative estimate of drug-likeness (QED) is 0.873.